The predicted octanol–water partition coefficient (Wildman–Crippen LogP) is 3.58. The van der Waals surface area contributed by atoms with Crippen LogP contribution in [0.15, 0.2) is 36.4 Å². The number of carbonyl (C=O) groups excluding carboxylic acids is 2. The zero-order valence-electron chi connectivity index (χ0n) is 14.6. The molecule has 0 aliphatic carbocycles. The quantitative estimate of drug-likeness (QED) is 0.860. The third kappa shape index (κ3) is 3.91. The molecule has 0 atom stereocenters. The molecular weight excluding hydrogens is 354 g/mol. The highest BCUT2D eigenvalue weighted by Crippen LogP contribution is 2.29. The number of fused-ring (bicyclic) bond motifs is 1. The third-order valence-corrected chi connectivity index (χ3v) is 4.52. The Bertz CT molecular complexity index is 854. The summed E-state index contributed by atoms with van der Waals surface area (Å²) in [5.41, 5.74) is 3.55. The van der Waals surface area contributed by atoms with Crippen LogP contribution in [0.2, 0.25) is 5.02 Å². The summed E-state index contributed by atoms with van der Waals surface area (Å²) in [6.07, 6.45) is 0.828. The van der Waals surface area contributed by atoms with Crippen LogP contribution in [-0.4, -0.2) is 25.6 Å². The van der Waals surface area contributed by atoms with Gasteiger partial charge in [0, 0.05) is 30.7 Å². The van der Waals surface area contributed by atoms with E-state index in [4.69, 9.17) is 16.3 Å². The van der Waals surface area contributed by atoms with Crippen molar-refractivity contribution in [2.45, 2.75) is 19.9 Å². The van der Waals surface area contributed by atoms with Crippen LogP contribution < -0.4 is 20.3 Å². The summed E-state index contributed by atoms with van der Waals surface area (Å²) in [4.78, 5) is 25.5. The van der Waals surface area contributed by atoms with E-state index in [0.29, 0.717) is 29.5 Å². The largest absolute Gasteiger partial charge is 0.495 e. The van der Waals surface area contributed by atoms with Gasteiger partial charge in [0.25, 0.3) is 0 Å². The summed E-state index contributed by atoms with van der Waals surface area (Å²) >= 11 is 5.96. The first-order valence-electron chi connectivity index (χ1n) is 8.26. The molecule has 0 bridgehead atoms. The van der Waals surface area contributed by atoms with Crippen LogP contribution in [0.3, 0.4) is 0 Å². The molecule has 0 fully saturated rings. The van der Waals surface area contributed by atoms with E-state index < -0.39 is 0 Å². The minimum Gasteiger partial charge on any atom is -0.495 e. The molecule has 7 heteroatoms. The molecule has 3 amide bonds. The minimum absolute atomic E-state index is 0.0458. The average molecular weight is 374 g/mol. The van der Waals surface area contributed by atoms with Gasteiger partial charge in [-0.05, 0) is 41.8 Å². The number of nitrogens with zero attached hydrogens (tertiary/aromatic N) is 1. The van der Waals surface area contributed by atoms with Crippen molar-refractivity contribution in [3.8, 4) is 5.75 Å². The van der Waals surface area contributed by atoms with Crippen LogP contribution in [0.1, 0.15) is 18.1 Å². The number of rotatable bonds is 4. The second-order valence-corrected chi connectivity index (χ2v) is 6.47. The van der Waals surface area contributed by atoms with Crippen molar-refractivity contribution in [2.24, 2.45) is 0 Å². The Balaban J connectivity index is 1.62. The fourth-order valence-electron chi connectivity index (χ4n) is 3.02. The molecule has 3 rings (SSSR count). The first-order valence-corrected chi connectivity index (χ1v) is 8.64. The van der Waals surface area contributed by atoms with Crippen LogP contribution >= 0.6 is 11.6 Å². The molecule has 1 aliphatic rings. The van der Waals surface area contributed by atoms with Gasteiger partial charge in [0.15, 0.2) is 0 Å². The van der Waals surface area contributed by atoms with Crippen molar-refractivity contribution in [1.82, 2.24) is 5.32 Å². The maximum absolute atomic E-state index is 12.2. The Morgan fingerprint density at radius 2 is 2.04 bits per heavy atom. The van der Waals surface area contributed by atoms with Crippen LogP contribution in [0.5, 0.6) is 5.75 Å². The van der Waals surface area contributed by atoms with E-state index in [1.54, 1.807) is 30.0 Å². The first-order chi connectivity index (χ1) is 12.5. The highest BCUT2D eigenvalue weighted by atomic mass is 35.5. The number of halogens is 1. The van der Waals surface area contributed by atoms with E-state index in [1.807, 2.05) is 18.2 Å². The fourth-order valence-corrected chi connectivity index (χ4v) is 3.19. The van der Waals surface area contributed by atoms with Gasteiger partial charge in [0.1, 0.15) is 5.75 Å². The molecule has 26 heavy (non-hydrogen) atoms. The summed E-state index contributed by atoms with van der Waals surface area (Å²) < 4.78 is 5.21. The molecule has 6 nitrogen and oxygen atoms in total. The van der Waals surface area contributed by atoms with Crippen molar-refractivity contribution in [3.63, 3.8) is 0 Å². The van der Waals surface area contributed by atoms with Gasteiger partial charge in [0.05, 0.1) is 12.8 Å². The SMILES string of the molecule is COc1ccc(Cl)cc1NC(=O)NCc1ccc2c(c1)CCN2C(C)=O. The summed E-state index contributed by atoms with van der Waals surface area (Å²) in [6, 6.07) is 10.5. The number of ether oxygens (including phenoxy) is 1. The lowest BCUT2D eigenvalue weighted by molar-refractivity contribution is -0.116. The molecule has 1 heterocycles. The smallest absolute Gasteiger partial charge is 0.319 e. The van der Waals surface area contributed by atoms with Crippen LogP contribution in [0.4, 0.5) is 16.2 Å². The molecule has 136 valence electrons. The molecular formula is C19H20ClN3O3. The van der Waals surface area contributed by atoms with Crippen molar-refractivity contribution in [3.05, 3.63) is 52.5 Å². The Morgan fingerprint density at radius 3 is 2.77 bits per heavy atom. The molecule has 0 unspecified atom stereocenters. The molecule has 2 aromatic rings. The second-order valence-electron chi connectivity index (χ2n) is 6.04. The summed E-state index contributed by atoms with van der Waals surface area (Å²) in [5.74, 6) is 0.580. The minimum atomic E-state index is -0.351. The van der Waals surface area contributed by atoms with E-state index in [1.165, 1.54) is 7.11 Å². The Labute approximate surface area is 157 Å². The van der Waals surface area contributed by atoms with E-state index in [2.05, 4.69) is 10.6 Å². The molecule has 0 radical (unpaired) electrons. The first kappa shape index (κ1) is 18.1. The standard InChI is InChI=1S/C19H20ClN3O3/c1-12(24)23-8-7-14-9-13(3-5-17(14)23)11-21-19(25)22-16-10-15(20)4-6-18(16)26-2/h3-6,9-10H,7-8,11H2,1-2H3,(H2,21,22,25). The number of benzene rings is 2. The Morgan fingerprint density at radius 1 is 1.23 bits per heavy atom. The predicted molar refractivity (Wildman–Crippen MR) is 102 cm³/mol. The van der Waals surface area contributed by atoms with Gasteiger partial charge in [-0.2, -0.15) is 0 Å². The van der Waals surface area contributed by atoms with Crippen LogP contribution in [-0.2, 0) is 17.8 Å². The molecule has 0 saturated carbocycles. The van der Waals surface area contributed by atoms with Gasteiger partial charge < -0.3 is 20.3 Å². The lowest BCUT2D eigenvalue weighted by atomic mass is 10.1. The normalized spacial score (nSPS) is 12.5. The topological polar surface area (TPSA) is 70.7 Å². The average Bonchev–Trinajstić information content (AvgIpc) is 3.03. The van der Waals surface area contributed by atoms with Crippen molar-refractivity contribution < 1.29 is 14.3 Å². The van der Waals surface area contributed by atoms with Crippen LogP contribution in [0.25, 0.3) is 0 Å². The number of urea groups is 1. The van der Waals surface area contributed by atoms with Gasteiger partial charge in [0.2, 0.25) is 5.91 Å². The van der Waals surface area contributed by atoms with Crippen molar-refractivity contribution in [1.29, 1.82) is 0 Å². The molecule has 2 N–H and O–H groups in total. The lowest BCUT2D eigenvalue weighted by Gasteiger charge is -2.15. The third-order valence-electron chi connectivity index (χ3n) is 4.28. The van der Waals surface area contributed by atoms with E-state index in [-0.39, 0.29) is 11.9 Å². The number of methoxy groups -OCH3 is 1. The summed E-state index contributed by atoms with van der Waals surface area (Å²) in [7, 11) is 1.53. The van der Waals surface area contributed by atoms with Crippen molar-refractivity contribution >= 4 is 34.9 Å². The highest BCUT2D eigenvalue weighted by Gasteiger charge is 2.22. The van der Waals surface area contributed by atoms with Crippen LogP contribution in [0, 0.1) is 0 Å². The Hall–Kier alpha value is -2.73. The molecule has 0 spiro atoms. The number of anilines is 2. The van der Waals surface area contributed by atoms with Gasteiger partial charge in [-0.3, -0.25) is 4.79 Å². The number of hydrogen-bond donors (Lipinski definition) is 2. The van der Waals surface area contributed by atoms with E-state index >= 15 is 0 Å². The van der Waals surface area contributed by atoms with Gasteiger partial charge in [-0.15, -0.1) is 0 Å². The maximum atomic E-state index is 12.2. The molecule has 0 aromatic heterocycles. The number of amides is 3. The van der Waals surface area contributed by atoms with Gasteiger partial charge >= 0.3 is 6.03 Å². The summed E-state index contributed by atoms with van der Waals surface area (Å²) in [5, 5.41) is 6.06. The number of hydrogen-bond acceptors (Lipinski definition) is 3. The molecule has 1 aliphatic heterocycles. The van der Waals surface area contributed by atoms with Gasteiger partial charge in [-0.25, -0.2) is 4.79 Å². The number of nitrogens with one attached hydrogen (secondary N) is 2. The zero-order valence-corrected chi connectivity index (χ0v) is 15.4. The fraction of sp³-hybridized carbons (Fsp3) is 0.263. The highest BCUT2D eigenvalue weighted by molar-refractivity contribution is 6.31. The monoisotopic (exact) mass is 373 g/mol. The van der Waals surface area contributed by atoms with E-state index in [0.717, 1.165) is 23.2 Å². The van der Waals surface area contributed by atoms with Gasteiger partial charge in [-0.1, -0.05) is 23.7 Å². The summed E-state index contributed by atoms with van der Waals surface area (Å²) in [6.45, 7) is 2.65. The maximum Gasteiger partial charge on any atom is 0.319 e. The lowest BCUT2D eigenvalue weighted by Crippen LogP contribution is -2.28. The molecule has 2 aromatic carbocycles. The second kappa shape index (κ2) is 7.66. The van der Waals surface area contributed by atoms with E-state index in [9.17, 15) is 9.59 Å². The number of carbonyl (C=O) groups is 2. The van der Waals surface area contributed by atoms with Crippen molar-refractivity contribution in [2.75, 3.05) is 23.9 Å². The zero-order chi connectivity index (χ0) is 18.7. The Kier molecular flexibility index (Phi) is 5.32. The molecule has 0 saturated heterocycles.